The molecule has 1 aliphatic carbocycles. The van der Waals surface area contributed by atoms with Gasteiger partial charge in [-0.25, -0.2) is 9.48 Å². The maximum Gasteiger partial charge on any atom is 0.358 e. The summed E-state index contributed by atoms with van der Waals surface area (Å²) >= 11 is 11.8. The van der Waals surface area contributed by atoms with E-state index < -0.39 is 5.97 Å². The van der Waals surface area contributed by atoms with Crippen molar-refractivity contribution in [1.82, 2.24) is 15.0 Å². The highest BCUT2D eigenvalue weighted by molar-refractivity contribution is 6.42. The molecular formula is C12H9Cl2N3O2. The Kier molecular flexibility index (Phi) is 2.95. The Morgan fingerprint density at radius 3 is 2.63 bits per heavy atom. The van der Waals surface area contributed by atoms with Crippen LogP contribution in [0, 0.1) is 0 Å². The Hall–Kier alpha value is -1.59. The molecule has 0 aliphatic heterocycles. The molecule has 1 heterocycles. The highest BCUT2D eigenvalue weighted by atomic mass is 35.5. The second-order valence-electron chi connectivity index (χ2n) is 4.41. The molecule has 7 heteroatoms. The van der Waals surface area contributed by atoms with Crippen molar-refractivity contribution in [3.8, 4) is 5.69 Å². The van der Waals surface area contributed by atoms with Gasteiger partial charge in [0.2, 0.25) is 0 Å². The maximum absolute atomic E-state index is 11.2. The van der Waals surface area contributed by atoms with Crippen molar-refractivity contribution >= 4 is 29.2 Å². The molecule has 3 rings (SSSR count). The van der Waals surface area contributed by atoms with Crippen molar-refractivity contribution < 1.29 is 9.90 Å². The number of rotatable bonds is 3. The summed E-state index contributed by atoms with van der Waals surface area (Å²) in [7, 11) is 0. The lowest BCUT2D eigenvalue weighted by Crippen LogP contribution is -2.05. The SMILES string of the molecule is O=C(O)c1nnn(-c2ccc(Cl)c(Cl)c2)c1C1CC1. The van der Waals surface area contributed by atoms with Gasteiger partial charge in [-0.15, -0.1) is 5.10 Å². The predicted molar refractivity (Wildman–Crippen MR) is 70.3 cm³/mol. The molecule has 1 N–H and O–H groups in total. The van der Waals surface area contributed by atoms with Crippen LogP contribution in [0.2, 0.25) is 10.0 Å². The molecule has 98 valence electrons. The monoisotopic (exact) mass is 297 g/mol. The number of carbonyl (C=O) groups is 1. The normalized spacial score (nSPS) is 14.6. The number of carboxylic acids is 1. The molecule has 0 atom stereocenters. The number of hydrogen-bond donors (Lipinski definition) is 1. The van der Waals surface area contributed by atoms with Gasteiger partial charge in [-0.05, 0) is 31.0 Å². The highest BCUT2D eigenvalue weighted by Gasteiger charge is 2.34. The summed E-state index contributed by atoms with van der Waals surface area (Å²) in [5.41, 5.74) is 1.30. The van der Waals surface area contributed by atoms with Crippen LogP contribution in [0.4, 0.5) is 0 Å². The first-order valence-electron chi connectivity index (χ1n) is 5.72. The zero-order valence-corrected chi connectivity index (χ0v) is 11.2. The number of aromatic carboxylic acids is 1. The summed E-state index contributed by atoms with van der Waals surface area (Å²) in [4.78, 5) is 11.2. The first-order chi connectivity index (χ1) is 9.08. The Labute approximate surface area is 118 Å². The molecule has 1 aromatic heterocycles. The van der Waals surface area contributed by atoms with E-state index in [1.165, 1.54) is 4.68 Å². The van der Waals surface area contributed by atoms with Crippen molar-refractivity contribution in [2.45, 2.75) is 18.8 Å². The molecule has 1 aromatic carbocycles. The van der Waals surface area contributed by atoms with Gasteiger partial charge in [0.1, 0.15) is 0 Å². The van der Waals surface area contributed by atoms with Crippen LogP contribution in [-0.2, 0) is 0 Å². The van der Waals surface area contributed by atoms with Gasteiger partial charge in [-0.3, -0.25) is 0 Å². The summed E-state index contributed by atoms with van der Waals surface area (Å²) < 4.78 is 1.53. The van der Waals surface area contributed by atoms with Crippen molar-refractivity contribution in [2.75, 3.05) is 0 Å². The van der Waals surface area contributed by atoms with E-state index in [0.29, 0.717) is 21.4 Å². The van der Waals surface area contributed by atoms with Gasteiger partial charge in [0, 0.05) is 5.92 Å². The second kappa shape index (κ2) is 4.51. The average Bonchev–Trinajstić information content (AvgIpc) is 3.11. The van der Waals surface area contributed by atoms with Gasteiger partial charge < -0.3 is 5.11 Å². The Bertz CT molecular complexity index is 665. The molecule has 1 aliphatic rings. The highest BCUT2D eigenvalue weighted by Crippen LogP contribution is 2.42. The molecule has 0 spiro atoms. The van der Waals surface area contributed by atoms with E-state index in [-0.39, 0.29) is 11.6 Å². The Morgan fingerprint density at radius 1 is 1.32 bits per heavy atom. The van der Waals surface area contributed by atoms with Gasteiger partial charge >= 0.3 is 5.97 Å². The van der Waals surface area contributed by atoms with Gasteiger partial charge in [0.15, 0.2) is 5.69 Å². The third-order valence-corrected chi connectivity index (χ3v) is 3.76. The van der Waals surface area contributed by atoms with Gasteiger partial charge in [-0.1, -0.05) is 28.4 Å². The first kappa shape index (κ1) is 12.4. The van der Waals surface area contributed by atoms with Crippen molar-refractivity contribution in [3.05, 3.63) is 39.6 Å². The summed E-state index contributed by atoms with van der Waals surface area (Å²) in [6.45, 7) is 0. The molecule has 1 saturated carbocycles. The number of aromatic nitrogens is 3. The summed E-state index contributed by atoms with van der Waals surface area (Å²) in [6.07, 6.45) is 1.91. The Balaban J connectivity index is 2.14. The molecule has 2 aromatic rings. The third-order valence-electron chi connectivity index (χ3n) is 3.02. The van der Waals surface area contributed by atoms with Crippen LogP contribution in [0.3, 0.4) is 0 Å². The first-order valence-corrected chi connectivity index (χ1v) is 6.48. The smallest absolute Gasteiger partial charge is 0.358 e. The number of halogens is 2. The summed E-state index contributed by atoms with van der Waals surface area (Å²) in [5.74, 6) is -0.858. The number of nitrogens with zero attached hydrogens (tertiary/aromatic N) is 3. The van der Waals surface area contributed by atoms with Crippen molar-refractivity contribution in [3.63, 3.8) is 0 Å². The van der Waals surface area contributed by atoms with E-state index in [1.807, 2.05) is 0 Å². The standard InChI is InChI=1S/C12H9Cl2N3O2/c13-8-4-3-7(5-9(8)14)17-11(6-1-2-6)10(12(18)19)15-16-17/h3-6H,1-2H2,(H,18,19). The molecule has 0 bridgehead atoms. The minimum Gasteiger partial charge on any atom is -0.476 e. The van der Waals surface area contributed by atoms with Crippen molar-refractivity contribution in [1.29, 1.82) is 0 Å². The van der Waals surface area contributed by atoms with Gasteiger partial charge in [-0.2, -0.15) is 0 Å². The van der Waals surface area contributed by atoms with E-state index in [9.17, 15) is 4.79 Å². The van der Waals surface area contributed by atoms with Crippen molar-refractivity contribution in [2.24, 2.45) is 0 Å². The fourth-order valence-electron chi connectivity index (χ4n) is 1.97. The zero-order valence-electron chi connectivity index (χ0n) is 9.68. The molecule has 0 radical (unpaired) electrons. The van der Waals surface area contributed by atoms with E-state index in [2.05, 4.69) is 10.3 Å². The van der Waals surface area contributed by atoms with Crippen LogP contribution in [0.25, 0.3) is 5.69 Å². The Morgan fingerprint density at radius 2 is 2.05 bits per heavy atom. The van der Waals surface area contributed by atoms with Gasteiger partial charge in [0.05, 0.1) is 21.4 Å². The maximum atomic E-state index is 11.2. The fraction of sp³-hybridized carbons (Fsp3) is 0.250. The van der Waals surface area contributed by atoms with Crippen LogP contribution in [0.1, 0.15) is 34.9 Å². The topological polar surface area (TPSA) is 68.0 Å². The molecule has 5 nitrogen and oxygen atoms in total. The molecule has 19 heavy (non-hydrogen) atoms. The second-order valence-corrected chi connectivity index (χ2v) is 5.23. The third kappa shape index (κ3) is 2.19. The summed E-state index contributed by atoms with van der Waals surface area (Å²) in [5, 5.41) is 17.6. The fourth-order valence-corrected chi connectivity index (χ4v) is 2.26. The molecule has 0 saturated heterocycles. The molecular weight excluding hydrogens is 289 g/mol. The molecule has 0 unspecified atom stereocenters. The lowest BCUT2D eigenvalue weighted by Gasteiger charge is -2.07. The predicted octanol–water partition coefficient (Wildman–Crippen LogP) is 3.15. The number of carboxylic acid groups (broad SMARTS) is 1. The molecule has 1 fully saturated rings. The summed E-state index contributed by atoms with van der Waals surface area (Å²) in [6, 6.07) is 5.04. The quantitative estimate of drug-likeness (QED) is 0.945. The minimum atomic E-state index is -1.06. The van der Waals surface area contributed by atoms with Crippen LogP contribution < -0.4 is 0 Å². The van der Waals surface area contributed by atoms with E-state index in [4.69, 9.17) is 28.3 Å². The zero-order chi connectivity index (χ0) is 13.6. The largest absolute Gasteiger partial charge is 0.476 e. The molecule has 0 amide bonds. The number of hydrogen-bond acceptors (Lipinski definition) is 3. The van der Waals surface area contributed by atoms with E-state index >= 15 is 0 Å². The lowest BCUT2D eigenvalue weighted by molar-refractivity contribution is 0.0689. The lowest BCUT2D eigenvalue weighted by atomic mass is 10.2. The van der Waals surface area contributed by atoms with Gasteiger partial charge in [0.25, 0.3) is 0 Å². The van der Waals surface area contributed by atoms with Crippen LogP contribution in [0.5, 0.6) is 0 Å². The van der Waals surface area contributed by atoms with E-state index in [0.717, 1.165) is 12.8 Å². The van der Waals surface area contributed by atoms with E-state index in [1.54, 1.807) is 18.2 Å². The number of benzene rings is 1. The van der Waals surface area contributed by atoms with Crippen LogP contribution >= 0.6 is 23.2 Å². The van der Waals surface area contributed by atoms with Crippen LogP contribution in [0.15, 0.2) is 18.2 Å². The van der Waals surface area contributed by atoms with Crippen LogP contribution in [-0.4, -0.2) is 26.1 Å². The average molecular weight is 298 g/mol. The minimum absolute atomic E-state index is 0.00794.